The Labute approximate surface area is 245 Å². The highest BCUT2D eigenvalue weighted by Gasteiger charge is 2.27. The van der Waals surface area contributed by atoms with Gasteiger partial charge in [0, 0.05) is 54.2 Å². The lowest BCUT2D eigenvalue weighted by Gasteiger charge is -2.20. The molecule has 0 radical (unpaired) electrons. The SMILES string of the molecule is CCC(=O)c1c(-c2ccc(F)cc2)oc2cc(N(C)S(C)(=O)=O)c(-c3c[nH]c(=O)c(C4=Cc5c(F)cccc5C4)n3)cc12. The van der Waals surface area contributed by atoms with E-state index in [9.17, 15) is 26.8 Å². The summed E-state index contributed by atoms with van der Waals surface area (Å²) in [5, 5.41) is 0.399. The van der Waals surface area contributed by atoms with Crippen molar-refractivity contribution in [1.29, 1.82) is 0 Å². The summed E-state index contributed by atoms with van der Waals surface area (Å²) in [7, 11) is -2.41. The Morgan fingerprint density at radius 1 is 1.12 bits per heavy atom. The van der Waals surface area contributed by atoms with Crippen LogP contribution >= 0.6 is 0 Å². The van der Waals surface area contributed by atoms with Gasteiger partial charge in [0.1, 0.15) is 28.7 Å². The molecule has 0 atom stereocenters. The zero-order valence-electron chi connectivity index (χ0n) is 23.4. The molecule has 218 valence electrons. The molecule has 1 aliphatic carbocycles. The number of nitrogens with one attached hydrogen (secondary N) is 1. The summed E-state index contributed by atoms with van der Waals surface area (Å²) < 4.78 is 60.7. The molecule has 0 spiro atoms. The third kappa shape index (κ3) is 4.95. The van der Waals surface area contributed by atoms with Crippen molar-refractivity contribution in [2.75, 3.05) is 17.6 Å². The number of furan rings is 1. The average Bonchev–Trinajstić information content (AvgIpc) is 3.58. The highest BCUT2D eigenvalue weighted by Crippen LogP contribution is 2.41. The summed E-state index contributed by atoms with van der Waals surface area (Å²) in [6.07, 6.45) is 4.43. The molecule has 0 bridgehead atoms. The van der Waals surface area contributed by atoms with Crippen LogP contribution in [0.5, 0.6) is 0 Å². The molecular weight excluding hydrogens is 576 g/mol. The quantitative estimate of drug-likeness (QED) is 0.222. The predicted octanol–water partition coefficient (Wildman–Crippen LogP) is 6.21. The van der Waals surface area contributed by atoms with Gasteiger partial charge in [0.2, 0.25) is 10.0 Å². The molecule has 8 nitrogen and oxygen atoms in total. The number of allylic oxidation sites excluding steroid dienone is 1. The van der Waals surface area contributed by atoms with E-state index in [1.807, 2.05) is 0 Å². The lowest BCUT2D eigenvalue weighted by atomic mass is 9.98. The number of Topliss-reactive ketones (excluding diaryl/α,β-unsaturated/α-hetero) is 1. The van der Waals surface area contributed by atoms with E-state index in [0.717, 1.165) is 16.1 Å². The minimum absolute atomic E-state index is 0.0604. The summed E-state index contributed by atoms with van der Waals surface area (Å²) in [6, 6.07) is 13.3. The van der Waals surface area contributed by atoms with E-state index in [0.29, 0.717) is 34.1 Å². The fourth-order valence-corrected chi connectivity index (χ4v) is 5.78. The van der Waals surface area contributed by atoms with Crippen molar-refractivity contribution >= 4 is 44.1 Å². The van der Waals surface area contributed by atoms with Gasteiger partial charge >= 0.3 is 0 Å². The molecule has 5 aromatic rings. The molecule has 2 aromatic heterocycles. The van der Waals surface area contributed by atoms with Crippen molar-refractivity contribution in [3.05, 3.63) is 105 Å². The van der Waals surface area contributed by atoms with Crippen molar-refractivity contribution in [1.82, 2.24) is 9.97 Å². The van der Waals surface area contributed by atoms with Crippen LogP contribution in [-0.4, -0.2) is 37.5 Å². The van der Waals surface area contributed by atoms with Crippen molar-refractivity contribution in [3.63, 3.8) is 0 Å². The Morgan fingerprint density at radius 2 is 1.86 bits per heavy atom. The first-order chi connectivity index (χ1) is 20.5. The van der Waals surface area contributed by atoms with E-state index in [4.69, 9.17) is 4.42 Å². The van der Waals surface area contributed by atoms with Gasteiger partial charge in [0.25, 0.3) is 5.56 Å². The molecule has 0 saturated carbocycles. The summed E-state index contributed by atoms with van der Waals surface area (Å²) in [6.45, 7) is 1.70. The van der Waals surface area contributed by atoms with Crippen molar-refractivity contribution in [2.24, 2.45) is 0 Å². The second kappa shape index (κ2) is 10.4. The summed E-state index contributed by atoms with van der Waals surface area (Å²) in [5.41, 5.74) is 2.85. The molecule has 0 fully saturated rings. The van der Waals surface area contributed by atoms with Crippen molar-refractivity contribution < 1.29 is 26.4 Å². The summed E-state index contributed by atoms with van der Waals surface area (Å²) in [4.78, 5) is 33.5. The number of benzene rings is 3. The van der Waals surface area contributed by atoms with E-state index in [1.165, 1.54) is 49.6 Å². The van der Waals surface area contributed by atoms with Crippen LogP contribution < -0.4 is 9.86 Å². The van der Waals surface area contributed by atoms with Gasteiger partial charge in [-0.05, 0) is 53.6 Å². The highest BCUT2D eigenvalue weighted by atomic mass is 32.2. The molecule has 0 amide bonds. The molecule has 6 rings (SSSR count). The van der Waals surface area contributed by atoms with Crippen LogP contribution in [0.4, 0.5) is 14.5 Å². The third-order valence-electron chi connectivity index (χ3n) is 7.56. The highest BCUT2D eigenvalue weighted by molar-refractivity contribution is 7.92. The van der Waals surface area contributed by atoms with Gasteiger partial charge in [-0.25, -0.2) is 22.2 Å². The van der Waals surface area contributed by atoms with Crippen LogP contribution in [0.25, 0.3) is 45.2 Å². The third-order valence-corrected chi connectivity index (χ3v) is 8.75. The Balaban J connectivity index is 1.60. The maximum Gasteiger partial charge on any atom is 0.274 e. The number of aromatic amines is 1. The Hall–Kier alpha value is -4.90. The number of rotatable bonds is 7. The van der Waals surface area contributed by atoms with Crippen LogP contribution in [0.2, 0.25) is 0 Å². The monoisotopic (exact) mass is 601 g/mol. The molecule has 11 heteroatoms. The van der Waals surface area contributed by atoms with Crippen molar-refractivity contribution in [3.8, 4) is 22.6 Å². The zero-order valence-corrected chi connectivity index (χ0v) is 24.2. The maximum atomic E-state index is 14.4. The standard InChI is InChI=1S/C32H25F2N3O5S/c1-4-27(38)29-23-14-22(25-16-35-32(39)30(36-25)19-12-18-6-5-7-24(34)21(18)13-19)26(37(2)43(3,40)41)15-28(23)42-31(29)17-8-10-20(33)11-9-17/h5-11,13-16H,4,12H2,1-3H3,(H,35,39). The molecule has 0 saturated heterocycles. The van der Waals surface area contributed by atoms with Crippen LogP contribution in [0, 0.1) is 11.6 Å². The van der Waals surface area contributed by atoms with Gasteiger partial charge in [-0.1, -0.05) is 19.1 Å². The van der Waals surface area contributed by atoms with E-state index >= 15 is 0 Å². The molecule has 1 aliphatic rings. The van der Waals surface area contributed by atoms with Gasteiger partial charge in [-0.15, -0.1) is 0 Å². The topological polar surface area (TPSA) is 113 Å². The second-order valence-corrected chi connectivity index (χ2v) is 12.3. The molecule has 1 N–H and O–H groups in total. The number of sulfonamides is 1. The maximum absolute atomic E-state index is 14.4. The summed E-state index contributed by atoms with van der Waals surface area (Å²) in [5.74, 6) is -0.879. The number of hydrogen-bond acceptors (Lipinski definition) is 6. The first kappa shape index (κ1) is 28.2. The number of nitrogens with zero attached hydrogens (tertiary/aromatic N) is 2. The number of ketones is 1. The second-order valence-electron chi connectivity index (χ2n) is 10.3. The van der Waals surface area contributed by atoms with Gasteiger partial charge in [-0.3, -0.25) is 13.9 Å². The summed E-state index contributed by atoms with van der Waals surface area (Å²) >= 11 is 0. The number of fused-ring (bicyclic) bond motifs is 2. The van der Waals surface area contributed by atoms with E-state index in [1.54, 1.807) is 31.2 Å². The number of carbonyl (C=O) groups excluding carboxylic acids is 1. The van der Waals surface area contributed by atoms with Gasteiger partial charge in [-0.2, -0.15) is 0 Å². The van der Waals surface area contributed by atoms with Crippen LogP contribution in [0.15, 0.2) is 70.0 Å². The number of anilines is 1. The minimum atomic E-state index is -3.78. The van der Waals surface area contributed by atoms with Gasteiger partial charge in [0.15, 0.2) is 5.78 Å². The fourth-order valence-electron chi connectivity index (χ4n) is 5.28. The average molecular weight is 602 g/mol. The number of carbonyl (C=O) groups is 1. The first-order valence-corrected chi connectivity index (χ1v) is 15.2. The Kier molecular flexibility index (Phi) is 6.84. The van der Waals surface area contributed by atoms with Gasteiger partial charge < -0.3 is 9.40 Å². The minimum Gasteiger partial charge on any atom is -0.455 e. The van der Waals surface area contributed by atoms with Crippen molar-refractivity contribution in [2.45, 2.75) is 19.8 Å². The number of H-pyrrole nitrogens is 1. The number of halogens is 2. The fraction of sp³-hybridized carbons (Fsp3) is 0.156. The van der Waals surface area contributed by atoms with E-state index < -0.39 is 27.2 Å². The Bertz CT molecular complexity index is 2150. The molecule has 3 aromatic carbocycles. The van der Waals surface area contributed by atoms with Crippen LogP contribution in [-0.2, 0) is 16.4 Å². The largest absolute Gasteiger partial charge is 0.455 e. The van der Waals surface area contributed by atoms with E-state index in [-0.39, 0.29) is 46.2 Å². The molecule has 2 heterocycles. The first-order valence-electron chi connectivity index (χ1n) is 13.4. The van der Waals surface area contributed by atoms with Crippen LogP contribution in [0.1, 0.15) is 40.5 Å². The van der Waals surface area contributed by atoms with E-state index in [2.05, 4.69) is 9.97 Å². The Morgan fingerprint density at radius 3 is 2.53 bits per heavy atom. The normalized spacial score (nSPS) is 12.8. The molecule has 0 unspecified atom stereocenters. The molecular formula is C32H25F2N3O5S. The van der Waals surface area contributed by atoms with Crippen LogP contribution in [0.3, 0.4) is 0 Å². The molecule has 43 heavy (non-hydrogen) atoms. The predicted molar refractivity (Wildman–Crippen MR) is 161 cm³/mol. The van der Waals surface area contributed by atoms with Gasteiger partial charge in [0.05, 0.1) is 23.2 Å². The zero-order chi connectivity index (χ0) is 30.6. The number of aromatic nitrogens is 2. The smallest absolute Gasteiger partial charge is 0.274 e. The number of hydrogen-bond donors (Lipinski definition) is 1. The molecule has 0 aliphatic heterocycles. The lowest BCUT2D eigenvalue weighted by molar-refractivity contribution is 0.0989. The lowest BCUT2D eigenvalue weighted by Crippen LogP contribution is -2.25.